The Hall–Kier alpha value is -3.20. The summed E-state index contributed by atoms with van der Waals surface area (Å²) < 4.78 is 7.89. The summed E-state index contributed by atoms with van der Waals surface area (Å²) in [5.41, 5.74) is 2.92. The number of carbonyl (C=O) groups excluding carboxylic acids is 1. The number of halogens is 1. The number of ether oxygens (including phenoxy) is 1. The van der Waals surface area contributed by atoms with Gasteiger partial charge in [-0.1, -0.05) is 12.1 Å². The van der Waals surface area contributed by atoms with E-state index in [-0.39, 0.29) is 17.1 Å². The van der Waals surface area contributed by atoms with Crippen molar-refractivity contribution in [2.24, 2.45) is 7.05 Å². The van der Waals surface area contributed by atoms with Gasteiger partial charge in [0.2, 0.25) is 0 Å². The Morgan fingerprint density at radius 1 is 1.21 bits per heavy atom. The Balaban J connectivity index is 1.95. The van der Waals surface area contributed by atoms with Crippen LogP contribution in [0.4, 0.5) is 11.4 Å². The molecule has 1 N–H and O–H groups in total. The van der Waals surface area contributed by atoms with Crippen LogP contribution >= 0.6 is 15.9 Å². The van der Waals surface area contributed by atoms with E-state index in [9.17, 15) is 14.9 Å². The van der Waals surface area contributed by atoms with Gasteiger partial charge in [0.25, 0.3) is 11.6 Å². The lowest BCUT2D eigenvalue weighted by Gasteiger charge is -2.12. The minimum atomic E-state index is -0.532. The zero-order valence-electron chi connectivity index (χ0n) is 16.3. The summed E-state index contributed by atoms with van der Waals surface area (Å²) in [4.78, 5) is 23.5. The fraction of sp³-hybridized carbons (Fsp3) is 0.200. The van der Waals surface area contributed by atoms with E-state index in [0.29, 0.717) is 21.6 Å². The molecule has 9 heteroatoms. The van der Waals surface area contributed by atoms with Gasteiger partial charge >= 0.3 is 0 Å². The van der Waals surface area contributed by atoms with Crippen molar-refractivity contribution in [3.05, 3.63) is 73.5 Å². The average Bonchev–Trinajstić information content (AvgIpc) is 2.90. The highest BCUT2D eigenvalue weighted by molar-refractivity contribution is 9.10. The number of nitrogens with zero attached hydrogens (tertiary/aromatic N) is 3. The van der Waals surface area contributed by atoms with Gasteiger partial charge in [-0.15, -0.1) is 0 Å². The zero-order valence-corrected chi connectivity index (χ0v) is 17.9. The molecular formula is C20H19BrN4O4. The molecule has 0 spiro atoms. The van der Waals surface area contributed by atoms with Gasteiger partial charge in [-0.2, -0.15) is 5.10 Å². The number of nitro benzene ring substituents is 1. The van der Waals surface area contributed by atoms with Crippen molar-refractivity contribution < 1.29 is 14.5 Å². The van der Waals surface area contributed by atoms with E-state index in [1.165, 1.54) is 16.8 Å². The van der Waals surface area contributed by atoms with Gasteiger partial charge < -0.3 is 10.1 Å². The second-order valence-electron chi connectivity index (χ2n) is 6.67. The number of hydrogen-bond donors (Lipinski definition) is 1. The van der Waals surface area contributed by atoms with Gasteiger partial charge in [0.1, 0.15) is 17.2 Å². The summed E-state index contributed by atoms with van der Waals surface area (Å²) in [6, 6.07) is 9.86. The molecule has 0 unspecified atom stereocenters. The summed E-state index contributed by atoms with van der Waals surface area (Å²) in [5.74, 6) is 0.398. The van der Waals surface area contributed by atoms with Gasteiger partial charge in [0.05, 0.1) is 26.8 Å². The van der Waals surface area contributed by atoms with Crippen LogP contribution in [0.1, 0.15) is 27.3 Å². The standard InChI is InChI=1S/C20H19BrN4O4/c1-11-5-6-12(2)17(7-11)29-16-9-14(8-15(10-16)25(27)28)22-20(26)19-18(21)13(3)23-24(19)4/h5-10H,1-4H3,(H,22,26). The Morgan fingerprint density at radius 3 is 2.55 bits per heavy atom. The third kappa shape index (κ3) is 4.45. The fourth-order valence-electron chi connectivity index (χ4n) is 2.83. The number of amides is 1. The lowest BCUT2D eigenvalue weighted by Crippen LogP contribution is -2.16. The number of carbonyl (C=O) groups is 1. The number of aromatic nitrogens is 2. The number of aryl methyl sites for hydroxylation is 4. The van der Waals surface area contributed by atoms with Crippen LogP contribution in [0, 0.1) is 30.9 Å². The molecule has 3 rings (SSSR count). The fourth-order valence-corrected chi connectivity index (χ4v) is 3.35. The quantitative estimate of drug-likeness (QED) is 0.425. The van der Waals surface area contributed by atoms with Crippen molar-refractivity contribution in [2.45, 2.75) is 20.8 Å². The number of hydrogen-bond acceptors (Lipinski definition) is 5. The highest BCUT2D eigenvalue weighted by Gasteiger charge is 2.20. The lowest BCUT2D eigenvalue weighted by molar-refractivity contribution is -0.384. The van der Waals surface area contributed by atoms with Crippen LogP contribution < -0.4 is 10.1 Å². The number of non-ortho nitro benzene ring substituents is 1. The van der Waals surface area contributed by atoms with Gasteiger partial charge in [-0.3, -0.25) is 19.6 Å². The topological polar surface area (TPSA) is 99.3 Å². The molecule has 1 aromatic heterocycles. The molecule has 0 saturated heterocycles. The average molecular weight is 459 g/mol. The highest BCUT2D eigenvalue weighted by Crippen LogP contribution is 2.32. The summed E-state index contributed by atoms with van der Waals surface area (Å²) in [6.45, 7) is 5.58. The number of benzene rings is 2. The van der Waals surface area contributed by atoms with Crippen LogP contribution in [0.15, 0.2) is 40.9 Å². The number of nitrogens with one attached hydrogen (secondary N) is 1. The normalized spacial score (nSPS) is 10.7. The molecule has 0 saturated carbocycles. The van der Waals surface area contributed by atoms with Crippen LogP contribution in [-0.2, 0) is 7.05 Å². The number of nitro groups is 1. The smallest absolute Gasteiger partial charge is 0.275 e. The van der Waals surface area contributed by atoms with Crippen LogP contribution in [-0.4, -0.2) is 20.6 Å². The van der Waals surface area contributed by atoms with Gasteiger partial charge in [-0.05, 0) is 53.9 Å². The first-order valence-corrected chi connectivity index (χ1v) is 9.50. The van der Waals surface area contributed by atoms with E-state index < -0.39 is 10.8 Å². The Morgan fingerprint density at radius 2 is 1.93 bits per heavy atom. The molecular weight excluding hydrogens is 440 g/mol. The summed E-state index contributed by atoms with van der Waals surface area (Å²) >= 11 is 3.35. The largest absolute Gasteiger partial charge is 0.457 e. The molecule has 29 heavy (non-hydrogen) atoms. The molecule has 150 valence electrons. The molecule has 3 aromatic rings. The minimum Gasteiger partial charge on any atom is -0.457 e. The lowest BCUT2D eigenvalue weighted by atomic mass is 10.1. The summed E-state index contributed by atoms with van der Waals surface area (Å²) in [6.07, 6.45) is 0. The van der Waals surface area contributed by atoms with E-state index in [0.717, 1.165) is 11.1 Å². The highest BCUT2D eigenvalue weighted by atomic mass is 79.9. The maximum absolute atomic E-state index is 12.7. The van der Waals surface area contributed by atoms with Crippen molar-refractivity contribution in [2.75, 3.05) is 5.32 Å². The molecule has 0 fully saturated rings. The molecule has 0 bridgehead atoms. The van der Waals surface area contributed by atoms with Crippen molar-refractivity contribution in [1.29, 1.82) is 0 Å². The second kappa shape index (κ2) is 8.04. The summed E-state index contributed by atoms with van der Waals surface area (Å²) in [5, 5.41) is 18.2. The Bertz CT molecular complexity index is 1120. The van der Waals surface area contributed by atoms with E-state index in [1.807, 2.05) is 32.0 Å². The predicted molar refractivity (Wildman–Crippen MR) is 113 cm³/mol. The first-order valence-electron chi connectivity index (χ1n) is 8.70. The maximum atomic E-state index is 12.7. The third-order valence-corrected chi connectivity index (χ3v) is 5.25. The van der Waals surface area contributed by atoms with Crippen molar-refractivity contribution in [3.63, 3.8) is 0 Å². The van der Waals surface area contributed by atoms with Crippen molar-refractivity contribution in [1.82, 2.24) is 9.78 Å². The third-order valence-electron chi connectivity index (χ3n) is 4.30. The van der Waals surface area contributed by atoms with E-state index >= 15 is 0 Å². The monoisotopic (exact) mass is 458 g/mol. The van der Waals surface area contributed by atoms with E-state index in [1.54, 1.807) is 20.0 Å². The van der Waals surface area contributed by atoms with Crippen molar-refractivity contribution >= 4 is 33.2 Å². The van der Waals surface area contributed by atoms with Crippen LogP contribution in [0.2, 0.25) is 0 Å². The second-order valence-corrected chi connectivity index (χ2v) is 7.46. The van der Waals surface area contributed by atoms with Crippen LogP contribution in [0.5, 0.6) is 11.5 Å². The molecule has 0 atom stereocenters. The number of anilines is 1. The first kappa shape index (κ1) is 20.5. The Labute approximate surface area is 175 Å². The minimum absolute atomic E-state index is 0.191. The predicted octanol–water partition coefficient (Wildman–Crippen LogP) is 5.06. The molecule has 0 aliphatic carbocycles. The van der Waals surface area contributed by atoms with Gasteiger partial charge in [0, 0.05) is 19.2 Å². The Kier molecular flexibility index (Phi) is 5.69. The van der Waals surface area contributed by atoms with Crippen LogP contribution in [0.3, 0.4) is 0 Å². The molecule has 1 heterocycles. The number of rotatable bonds is 5. The SMILES string of the molecule is Cc1ccc(C)c(Oc2cc(NC(=O)c3c(Br)c(C)nn3C)cc([N+](=O)[O-])c2)c1. The van der Waals surface area contributed by atoms with Crippen LogP contribution in [0.25, 0.3) is 0 Å². The maximum Gasteiger partial charge on any atom is 0.275 e. The zero-order chi connectivity index (χ0) is 21.3. The molecule has 2 aromatic carbocycles. The first-order chi connectivity index (χ1) is 13.7. The molecule has 8 nitrogen and oxygen atoms in total. The molecule has 0 aliphatic rings. The van der Waals surface area contributed by atoms with Gasteiger partial charge in [-0.25, -0.2) is 0 Å². The summed E-state index contributed by atoms with van der Waals surface area (Å²) in [7, 11) is 1.65. The molecule has 0 aliphatic heterocycles. The van der Waals surface area contributed by atoms with Crippen molar-refractivity contribution in [3.8, 4) is 11.5 Å². The van der Waals surface area contributed by atoms with Gasteiger partial charge in [0.15, 0.2) is 0 Å². The molecule has 0 radical (unpaired) electrons. The van der Waals surface area contributed by atoms with E-state index in [4.69, 9.17) is 4.74 Å². The van der Waals surface area contributed by atoms with E-state index in [2.05, 4.69) is 26.3 Å². The molecule has 1 amide bonds.